The molecule has 2 fully saturated rings. The monoisotopic (exact) mass is 420 g/mol. The van der Waals surface area contributed by atoms with Crippen molar-refractivity contribution in [2.75, 3.05) is 24.6 Å². The Morgan fingerprint density at radius 3 is 1.61 bits per heavy atom. The van der Waals surface area contributed by atoms with E-state index in [4.69, 9.17) is 0 Å². The van der Waals surface area contributed by atoms with Crippen LogP contribution in [0.3, 0.4) is 0 Å². The SMILES string of the molecule is O=C1CS[C@H](c2cccc(F)c2)N1CCN1C(=O)CS[C@H]1c1cccc(F)c1. The minimum atomic E-state index is -0.338. The number of hydrogen-bond acceptors (Lipinski definition) is 4. The molecular formula is C20H18F2N2O2S2. The molecular weight excluding hydrogens is 402 g/mol. The topological polar surface area (TPSA) is 40.6 Å². The molecule has 2 aromatic rings. The van der Waals surface area contributed by atoms with Gasteiger partial charge in [0.1, 0.15) is 22.4 Å². The van der Waals surface area contributed by atoms with E-state index in [0.29, 0.717) is 24.6 Å². The average Bonchev–Trinajstić information content (AvgIpc) is 3.22. The molecule has 0 aromatic heterocycles. The molecule has 0 unspecified atom stereocenters. The number of carbonyl (C=O) groups excluding carboxylic acids is 2. The number of benzene rings is 2. The molecule has 2 atom stereocenters. The highest BCUT2D eigenvalue weighted by atomic mass is 32.2. The zero-order chi connectivity index (χ0) is 19.7. The fourth-order valence-corrected chi connectivity index (χ4v) is 5.90. The molecule has 0 saturated carbocycles. The molecule has 0 spiro atoms. The minimum Gasteiger partial charge on any atom is -0.324 e. The highest BCUT2D eigenvalue weighted by Gasteiger charge is 2.36. The van der Waals surface area contributed by atoms with E-state index in [1.807, 2.05) is 0 Å². The maximum Gasteiger partial charge on any atom is 0.233 e. The number of rotatable bonds is 5. The van der Waals surface area contributed by atoms with Gasteiger partial charge in [-0.3, -0.25) is 9.59 Å². The first-order chi connectivity index (χ1) is 13.5. The van der Waals surface area contributed by atoms with Crippen molar-refractivity contribution in [3.05, 3.63) is 71.3 Å². The first-order valence-electron chi connectivity index (χ1n) is 8.86. The third kappa shape index (κ3) is 3.89. The summed E-state index contributed by atoms with van der Waals surface area (Å²) in [7, 11) is 0. The summed E-state index contributed by atoms with van der Waals surface area (Å²) in [5, 5.41) is -0.526. The number of halogens is 2. The van der Waals surface area contributed by atoms with Crippen LogP contribution < -0.4 is 0 Å². The lowest BCUT2D eigenvalue weighted by molar-refractivity contribution is -0.132. The molecule has 4 rings (SSSR count). The van der Waals surface area contributed by atoms with Gasteiger partial charge in [0.25, 0.3) is 0 Å². The van der Waals surface area contributed by atoms with Crippen molar-refractivity contribution in [2.24, 2.45) is 0 Å². The minimum absolute atomic E-state index is 0.0270. The van der Waals surface area contributed by atoms with E-state index in [-0.39, 0.29) is 34.2 Å². The quantitative estimate of drug-likeness (QED) is 0.738. The highest BCUT2D eigenvalue weighted by Crippen LogP contribution is 2.41. The van der Waals surface area contributed by atoms with Crippen molar-refractivity contribution >= 4 is 35.3 Å². The fourth-order valence-electron chi connectivity index (χ4n) is 3.48. The van der Waals surface area contributed by atoms with Crippen LogP contribution in [-0.4, -0.2) is 46.2 Å². The number of amides is 2. The maximum absolute atomic E-state index is 13.6. The zero-order valence-corrected chi connectivity index (χ0v) is 16.5. The van der Waals surface area contributed by atoms with Gasteiger partial charge < -0.3 is 9.80 Å². The second-order valence-electron chi connectivity index (χ2n) is 6.61. The molecule has 2 saturated heterocycles. The Morgan fingerprint density at radius 2 is 1.21 bits per heavy atom. The first-order valence-corrected chi connectivity index (χ1v) is 11.0. The molecule has 2 aliphatic heterocycles. The summed E-state index contributed by atoms with van der Waals surface area (Å²) in [5.41, 5.74) is 1.47. The molecule has 28 heavy (non-hydrogen) atoms. The number of nitrogens with zero attached hydrogens (tertiary/aromatic N) is 2. The zero-order valence-electron chi connectivity index (χ0n) is 14.9. The normalized spacial score (nSPS) is 22.4. The predicted molar refractivity (Wildman–Crippen MR) is 107 cm³/mol. The molecule has 0 aliphatic carbocycles. The van der Waals surface area contributed by atoms with Crippen LogP contribution in [0.5, 0.6) is 0 Å². The molecule has 146 valence electrons. The molecule has 4 nitrogen and oxygen atoms in total. The van der Waals surface area contributed by atoms with Crippen LogP contribution in [-0.2, 0) is 9.59 Å². The first kappa shape index (κ1) is 19.3. The van der Waals surface area contributed by atoms with Crippen LogP contribution in [0, 0.1) is 11.6 Å². The third-order valence-electron chi connectivity index (χ3n) is 4.79. The van der Waals surface area contributed by atoms with Gasteiger partial charge >= 0.3 is 0 Å². The van der Waals surface area contributed by atoms with E-state index < -0.39 is 0 Å². The Kier molecular flexibility index (Phi) is 5.59. The lowest BCUT2D eigenvalue weighted by Gasteiger charge is -2.29. The number of carbonyl (C=O) groups is 2. The molecule has 2 amide bonds. The van der Waals surface area contributed by atoms with Crippen LogP contribution in [0.2, 0.25) is 0 Å². The van der Waals surface area contributed by atoms with Gasteiger partial charge in [-0.25, -0.2) is 8.78 Å². The summed E-state index contributed by atoms with van der Waals surface area (Å²) >= 11 is 2.91. The van der Waals surface area contributed by atoms with E-state index in [9.17, 15) is 18.4 Å². The van der Waals surface area contributed by atoms with E-state index in [0.717, 1.165) is 11.1 Å². The van der Waals surface area contributed by atoms with Gasteiger partial charge in [-0.2, -0.15) is 0 Å². The van der Waals surface area contributed by atoms with Crippen molar-refractivity contribution < 1.29 is 18.4 Å². The Morgan fingerprint density at radius 1 is 0.786 bits per heavy atom. The number of hydrogen-bond donors (Lipinski definition) is 0. The molecule has 8 heteroatoms. The maximum atomic E-state index is 13.6. The molecule has 0 bridgehead atoms. The van der Waals surface area contributed by atoms with E-state index in [1.165, 1.54) is 47.8 Å². The van der Waals surface area contributed by atoms with Gasteiger partial charge in [-0.1, -0.05) is 24.3 Å². The summed E-state index contributed by atoms with van der Waals surface area (Å²) in [6.07, 6.45) is 0. The third-order valence-corrected chi connectivity index (χ3v) is 7.30. The second kappa shape index (κ2) is 8.13. The summed E-state index contributed by atoms with van der Waals surface area (Å²) in [6.45, 7) is 0.705. The van der Waals surface area contributed by atoms with Crippen LogP contribution in [0.4, 0.5) is 8.78 Å². The second-order valence-corrected chi connectivity index (χ2v) is 8.75. The highest BCUT2D eigenvalue weighted by molar-refractivity contribution is 8.00. The Balaban J connectivity index is 1.50. The molecule has 0 N–H and O–H groups in total. The van der Waals surface area contributed by atoms with E-state index in [1.54, 1.807) is 34.1 Å². The smallest absolute Gasteiger partial charge is 0.233 e. The van der Waals surface area contributed by atoms with Gasteiger partial charge in [-0.05, 0) is 35.4 Å². The standard InChI is InChI=1S/C20H18F2N2O2S2/c21-15-5-1-3-13(9-15)19-23(17(25)11-27-19)7-8-24-18(26)12-28-20(24)14-4-2-6-16(22)10-14/h1-6,9-10,19-20H,7-8,11-12H2/t19-,20+. The Hall–Kier alpha value is -2.06. The average molecular weight is 421 g/mol. The van der Waals surface area contributed by atoms with Gasteiger partial charge in [-0.15, -0.1) is 23.5 Å². The van der Waals surface area contributed by atoms with Crippen LogP contribution in [0.1, 0.15) is 21.9 Å². The van der Waals surface area contributed by atoms with Gasteiger partial charge in [0, 0.05) is 13.1 Å². The molecule has 2 aromatic carbocycles. The lowest BCUT2D eigenvalue weighted by atomic mass is 10.2. The number of thioether (sulfide) groups is 2. The summed E-state index contributed by atoms with van der Waals surface area (Å²) < 4.78 is 27.2. The molecule has 0 radical (unpaired) electrons. The fraction of sp³-hybridized carbons (Fsp3) is 0.300. The van der Waals surface area contributed by atoms with Gasteiger partial charge in [0.2, 0.25) is 11.8 Å². The summed E-state index contributed by atoms with van der Waals surface area (Å²) in [5.74, 6) is -0.0693. The lowest BCUT2D eigenvalue weighted by Crippen LogP contribution is -2.39. The van der Waals surface area contributed by atoms with Crippen LogP contribution in [0.25, 0.3) is 0 Å². The largest absolute Gasteiger partial charge is 0.324 e. The van der Waals surface area contributed by atoms with Crippen molar-refractivity contribution in [3.63, 3.8) is 0 Å². The Labute approximate surface area is 170 Å². The summed E-state index contributed by atoms with van der Waals surface area (Å²) in [6, 6.07) is 12.5. The summed E-state index contributed by atoms with van der Waals surface area (Å²) in [4.78, 5) is 28.1. The molecule has 2 aliphatic rings. The van der Waals surface area contributed by atoms with Crippen LogP contribution in [0.15, 0.2) is 48.5 Å². The van der Waals surface area contributed by atoms with Crippen molar-refractivity contribution in [1.82, 2.24) is 9.80 Å². The van der Waals surface area contributed by atoms with E-state index >= 15 is 0 Å². The van der Waals surface area contributed by atoms with Crippen molar-refractivity contribution in [1.29, 1.82) is 0 Å². The Bertz CT molecular complexity index is 838. The predicted octanol–water partition coefficient (Wildman–Crippen LogP) is 3.81. The van der Waals surface area contributed by atoms with Gasteiger partial charge in [0.05, 0.1) is 11.5 Å². The van der Waals surface area contributed by atoms with Gasteiger partial charge in [0.15, 0.2) is 0 Å². The van der Waals surface area contributed by atoms with Crippen LogP contribution >= 0.6 is 23.5 Å². The van der Waals surface area contributed by atoms with Crippen molar-refractivity contribution in [3.8, 4) is 0 Å². The van der Waals surface area contributed by atoms with Crippen molar-refractivity contribution in [2.45, 2.75) is 10.7 Å². The molecule has 2 heterocycles. The van der Waals surface area contributed by atoms with E-state index in [2.05, 4.69) is 0 Å².